The molecule has 6 nitrogen and oxygen atoms in total. The second-order valence-corrected chi connectivity index (χ2v) is 16.1. The molecule has 0 unspecified atom stereocenters. The molecular weight excluding hydrogens is 612 g/mol. The van der Waals surface area contributed by atoms with E-state index in [1.54, 1.807) is 29.8 Å². The Bertz CT molecular complexity index is 1160. The van der Waals surface area contributed by atoms with Gasteiger partial charge in [0.25, 0.3) is 0 Å². The molecule has 0 spiro atoms. The van der Waals surface area contributed by atoms with Crippen LogP contribution in [0.1, 0.15) is 177 Å². The fraction of sp³-hybridized carbons (Fsp3) is 0.767. The number of aliphatic hydroxyl groups is 2. The van der Waals surface area contributed by atoms with Gasteiger partial charge in [-0.25, -0.2) is 9.59 Å². The van der Waals surface area contributed by atoms with Crippen molar-refractivity contribution in [2.24, 2.45) is 28.6 Å². The standard InChI is InChI=1S/C24H38O4.C19H30O2/c1-3-5-7-9-11-15-19-27-23(25)21-17-13-14-18-22(21)24(26)28-20-16-12-10-8-6-4-2;1-18-9-7-13(20)11-12(18)3-4-14-15-5-6-17(21)19(15,2)10-8-16(14)18/h13-14,17-18H,3-12,15-16,19-20H2,1-2H3;11,13-17,20-21H,3-10H2,1-2H3/t;13-,14-,15-,16-,17-,18-,19-/m.0/s1. The van der Waals surface area contributed by atoms with E-state index in [1.807, 2.05) is 0 Å². The number of fused-ring (bicyclic) bond motifs is 5. The number of allylic oxidation sites excluding steroid dienone is 1. The van der Waals surface area contributed by atoms with Gasteiger partial charge in [-0.2, -0.15) is 0 Å². The van der Waals surface area contributed by atoms with Gasteiger partial charge in [0.2, 0.25) is 0 Å². The summed E-state index contributed by atoms with van der Waals surface area (Å²) >= 11 is 0. The van der Waals surface area contributed by atoms with E-state index in [0.717, 1.165) is 62.7 Å². The Morgan fingerprint density at radius 1 is 0.694 bits per heavy atom. The van der Waals surface area contributed by atoms with Gasteiger partial charge in [0.05, 0.1) is 36.5 Å². The number of benzene rings is 1. The van der Waals surface area contributed by atoms with E-state index in [0.29, 0.717) is 29.8 Å². The lowest BCUT2D eigenvalue weighted by molar-refractivity contribution is -0.0761. The monoisotopic (exact) mass is 681 g/mol. The molecule has 0 bridgehead atoms. The van der Waals surface area contributed by atoms with Crippen LogP contribution in [-0.2, 0) is 9.47 Å². The summed E-state index contributed by atoms with van der Waals surface area (Å²) in [5, 5.41) is 20.4. The van der Waals surface area contributed by atoms with Crippen LogP contribution in [0.5, 0.6) is 0 Å². The summed E-state index contributed by atoms with van der Waals surface area (Å²) in [7, 11) is 0. The van der Waals surface area contributed by atoms with Crippen LogP contribution in [0.4, 0.5) is 0 Å². The van der Waals surface area contributed by atoms with Crippen molar-refractivity contribution in [2.45, 2.75) is 168 Å². The fourth-order valence-electron chi connectivity index (χ4n) is 9.77. The van der Waals surface area contributed by atoms with Crippen molar-refractivity contribution >= 4 is 11.9 Å². The molecule has 3 saturated carbocycles. The topological polar surface area (TPSA) is 93.1 Å². The van der Waals surface area contributed by atoms with E-state index >= 15 is 0 Å². The Labute approximate surface area is 297 Å². The first-order valence-electron chi connectivity index (χ1n) is 20.2. The molecule has 5 rings (SSSR count). The molecule has 0 saturated heterocycles. The smallest absolute Gasteiger partial charge is 0.339 e. The number of hydrogen-bond acceptors (Lipinski definition) is 6. The first-order chi connectivity index (χ1) is 23.7. The molecule has 7 atom stereocenters. The van der Waals surface area contributed by atoms with E-state index in [9.17, 15) is 19.8 Å². The molecule has 4 aliphatic rings. The van der Waals surface area contributed by atoms with Crippen LogP contribution < -0.4 is 0 Å². The second kappa shape index (κ2) is 19.4. The van der Waals surface area contributed by atoms with Crippen LogP contribution in [0.3, 0.4) is 0 Å². The molecule has 4 aliphatic carbocycles. The molecule has 2 N–H and O–H groups in total. The summed E-state index contributed by atoms with van der Waals surface area (Å²) < 4.78 is 10.7. The molecule has 1 aromatic carbocycles. The highest BCUT2D eigenvalue weighted by Gasteiger charge is 2.58. The van der Waals surface area contributed by atoms with Crippen molar-refractivity contribution < 1.29 is 29.3 Å². The van der Waals surface area contributed by atoms with Crippen molar-refractivity contribution in [2.75, 3.05) is 13.2 Å². The van der Waals surface area contributed by atoms with Gasteiger partial charge in [0.15, 0.2) is 0 Å². The average molecular weight is 681 g/mol. The fourth-order valence-corrected chi connectivity index (χ4v) is 9.77. The lowest BCUT2D eigenvalue weighted by Gasteiger charge is -2.58. The molecule has 0 aromatic heterocycles. The summed E-state index contributed by atoms with van der Waals surface area (Å²) in [5.74, 6) is 1.43. The van der Waals surface area contributed by atoms with Gasteiger partial charge in [0.1, 0.15) is 0 Å². The summed E-state index contributed by atoms with van der Waals surface area (Å²) in [6.45, 7) is 9.99. The highest BCUT2D eigenvalue weighted by molar-refractivity contribution is 6.03. The van der Waals surface area contributed by atoms with Crippen LogP contribution in [0, 0.1) is 28.6 Å². The van der Waals surface area contributed by atoms with Gasteiger partial charge in [0, 0.05) is 0 Å². The number of ether oxygens (including phenoxy) is 2. The third-order valence-corrected chi connectivity index (χ3v) is 12.9. The summed E-state index contributed by atoms with van der Waals surface area (Å²) in [6.07, 6.45) is 24.8. The Morgan fingerprint density at radius 2 is 1.24 bits per heavy atom. The largest absolute Gasteiger partial charge is 0.462 e. The maximum absolute atomic E-state index is 12.4. The minimum Gasteiger partial charge on any atom is -0.462 e. The highest BCUT2D eigenvalue weighted by atomic mass is 16.5. The van der Waals surface area contributed by atoms with Gasteiger partial charge in [-0.05, 0) is 105 Å². The maximum atomic E-state index is 12.4. The zero-order chi connectivity index (χ0) is 35.3. The second-order valence-electron chi connectivity index (χ2n) is 16.1. The van der Waals surface area contributed by atoms with Crippen LogP contribution in [0.25, 0.3) is 0 Å². The van der Waals surface area contributed by atoms with E-state index in [4.69, 9.17) is 9.47 Å². The molecule has 1 aromatic rings. The SMILES string of the molecule is CCCCCCCCOC(=O)c1ccccc1C(=O)OCCCCCCCC.C[C@]12CC[C@H]3[C@@H](CCC4=C[C@@H](O)CC[C@@]43C)[C@@H]1CC[C@@H]2O. The average Bonchev–Trinajstić information content (AvgIpc) is 3.41. The van der Waals surface area contributed by atoms with E-state index < -0.39 is 11.9 Å². The maximum Gasteiger partial charge on any atom is 0.339 e. The first kappa shape index (κ1) is 39.6. The number of rotatable bonds is 16. The summed E-state index contributed by atoms with van der Waals surface area (Å²) in [5.41, 5.74) is 2.65. The number of carbonyl (C=O) groups excluding carboxylic acids is 2. The first-order valence-corrected chi connectivity index (χ1v) is 20.2. The van der Waals surface area contributed by atoms with Crippen molar-refractivity contribution in [3.05, 3.63) is 47.0 Å². The Balaban J connectivity index is 0.000000228. The van der Waals surface area contributed by atoms with Gasteiger partial charge in [-0.1, -0.05) is 116 Å². The molecule has 276 valence electrons. The van der Waals surface area contributed by atoms with Gasteiger partial charge in [-0.15, -0.1) is 0 Å². The molecule has 0 amide bonds. The van der Waals surface area contributed by atoms with Crippen LogP contribution in [0.2, 0.25) is 0 Å². The molecule has 0 heterocycles. The van der Waals surface area contributed by atoms with Crippen molar-refractivity contribution in [1.29, 1.82) is 0 Å². The number of carbonyl (C=O) groups is 2. The lowest BCUT2D eigenvalue weighted by Crippen LogP contribution is -2.51. The van der Waals surface area contributed by atoms with Crippen molar-refractivity contribution in [3.8, 4) is 0 Å². The molecule has 3 fully saturated rings. The molecular formula is C43H68O6. The van der Waals surface area contributed by atoms with Gasteiger partial charge in [-0.3, -0.25) is 0 Å². The van der Waals surface area contributed by atoms with Crippen LogP contribution in [0.15, 0.2) is 35.9 Å². The zero-order valence-corrected chi connectivity index (χ0v) is 31.4. The summed E-state index contributed by atoms with van der Waals surface area (Å²) in [4.78, 5) is 24.7. The zero-order valence-electron chi connectivity index (χ0n) is 31.4. The minimum absolute atomic E-state index is 0.0682. The van der Waals surface area contributed by atoms with E-state index in [2.05, 4.69) is 33.8 Å². The third-order valence-electron chi connectivity index (χ3n) is 12.9. The van der Waals surface area contributed by atoms with Crippen LogP contribution in [-0.4, -0.2) is 47.6 Å². The molecule has 0 aliphatic heterocycles. The minimum atomic E-state index is -0.444. The lowest BCUT2D eigenvalue weighted by atomic mass is 9.47. The number of hydrogen-bond donors (Lipinski definition) is 2. The normalized spacial score (nSPS) is 30.2. The number of esters is 2. The third kappa shape index (κ3) is 10.2. The quantitative estimate of drug-likeness (QED) is 0.103. The van der Waals surface area contributed by atoms with Crippen molar-refractivity contribution in [1.82, 2.24) is 0 Å². The van der Waals surface area contributed by atoms with Gasteiger partial charge >= 0.3 is 11.9 Å². The number of aliphatic hydroxyl groups excluding tert-OH is 2. The Hall–Kier alpha value is -2.18. The van der Waals surface area contributed by atoms with E-state index in [-0.39, 0.29) is 17.6 Å². The molecule has 6 heteroatoms. The van der Waals surface area contributed by atoms with Crippen molar-refractivity contribution in [3.63, 3.8) is 0 Å². The molecule has 0 radical (unpaired) electrons. The van der Waals surface area contributed by atoms with Crippen LogP contribution >= 0.6 is 0 Å². The summed E-state index contributed by atoms with van der Waals surface area (Å²) in [6, 6.07) is 6.74. The van der Waals surface area contributed by atoms with Gasteiger partial charge < -0.3 is 19.7 Å². The highest BCUT2D eigenvalue weighted by Crippen LogP contribution is 2.65. The molecule has 49 heavy (non-hydrogen) atoms. The van der Waals surface area contributed by atoms with E-state index in [1.165, 1.54) is 83.5 Å². The Morgan fingerprint density at radius 3 is 1.82 bits per heavy atom. The predicted molar refractivity (Wildman–Crippen MR) is 197 cm³/mol. The Kier molecular flexibility index (Phi) is 15.7. The number of unbranched alkanes of at least 4 members (excludes halogenated alkanes) is 10. The predicted octanol–water partition coefficient (Wildman–Crippen LogP) is 10.4.